The molecule has 0 radical (unpaired) electrons. The molecule has 0 heterocycles. The molecule has 0 aliphatic heterocycles. The molecule has 0 unspecified atom stereocenters. The van der Waals surface area contributed by atoms with E-state index in [0.29, 0.717) is 0 Å². The molecular weight excluding hydrogens is 432 g/mol. The van der Waals surface area contributed by atoms with E-state index in [2.05, 4.69) is 146 Å². The third-order valence-electron chi connectivity index (χ3n) is 5.53. The molecule has 0 aliphatic rings. The molecule has 0 atom stereocenters. The molecule has 4 rings (SSSR count). The topological polar surface area (TPSA) is 0 Å². The second kappa shape index (κ2) is 13.9. The molecule has 36 heavy (non-hydrogen) atoms. The van der Waals surface area contributed by atoms with Crippen LogP contribution in [0.3, 0.4) is 0 Å². The third-order valence-corrected chi connectivity index (χ3v) is 5.53. The molecular formula is C36H30. The minimum absolute atomic E-state index is 1.18. The van der Waals surface area contributed by atoms with Crippen LogP contribution in [0.4, 0.5) is 0 Å². The van der Waals surface area contributed by atoms with Crippen LogP contribution in [-0.2, 0) is 0 Å². The minimum atomic E-state index is 1.18. The summed E-state index contributed by atoms with van der Waals surface area (Å²) in [5, 5.41) is 0. The number of benzene rings is 4. The Morgan fingerprint density at radius 3 is 1.00 bits per heavy atom. The fraction of sp³-hybridized carbons (Fsp3) is 0. The van der Waals surface area contributed by atoms with Crippen LogP contribution < -0.4 is 0 Å². The molecule has 0 saturated heterocycles. The Bertz CT molecular complexity index is 1280. The molecule has 0 saturated carbocycles. The quantitative estimate of drug-likeness (QED) is 0.217. The first-order valence-electron chi connectivity index (χ1n) is 12.2. The fourth-order valence-electron chi connectivity index (χ4n) is 3.70. The van der Waals surface area contributed by atoms with Crippen molar-refractivity contribution in [3.63, 3.8) is 0 Å². The van der Waals surface area contributed by atoms with E-state index in [1.807, 2.05) is 36.4 Å². The Balaban J connectivity index is 1.35. The highest BCUT2D eigenvalue weighted by atomic mass is 14.0. The molecule has 4 aromatic carbocycles. The Hall–Kier alpha value is -4.68. The van der Waals surface area contributed by atoms with E-state index in [9.17, 15) is 0 Å². The fourth-order valence-corrected chi connectivity index (χ4v) is 3.70. The Kier molecular flexibility index (Phi) is 9.43. The lowest BCUT2D eigenvalue weighted by Gasteiger charge is -2.04. The summed E-state index contributed by atoms with van der Waals surface area (Å²) in [5.74, 6) is 0. The zero-order chi connectivity index (χ0) is 24.7. The van der Waals surface area contributed by atoms with Gasteiger partial charge in [0.05, 0.1) is 0 Å². The maximum atomic E-state index is 2.22. The van der Waals surface area contributed by atoms with Crippen molar-refractivity contribution in [1.29, 1.82) is 0 Å². The van der Waals surface area contributed by atoms with Crippen molar-refractivity contribution >= 4 is 24.3 Å². The highest BCUT2D eigenvalue weighted by Crippen LogP contribution is 2.23. The number of hydrogen-bond acceptors (Lipinski definition) is 0. The van der Waals surface area contributed by atoms with E-state index in [-0.39, 0.29) is 0 Å². The van der Waals surface area contributed by atoms with Crippen LogP contribution in [0.1, 0.15) is 22.3 Å². The third kappa shape index (κ3) is 8.27. The van der Waals surface area contributed by atoms with Crippen LogP contribution in [0.5, 0.6) is 0 Å². The van der Waals surface area contributed by atoms with Crippen LogP contribution in [-0.4, -0.2) is 0 Å². The summed E-state index contributed by atoms with van der Waals surface area (Å²) in [6, 6.07) is 37.9. The summed E-state index contributed by atoms with van der Waals surface area (Å²) in [6.45, 7) is 0. The molecule has 0 N–H and O–H groups in total. The monoisotopic (exact) mass is 462 g/mol. The SMILES string of the molecule is C(=C\C=C\c1cccc(-c2cccc(/C=C/C=C/C=C/c3ccccc3)c2)c1)/C=C/c1ccccc1. The van der Waals surface area contributed by atoms with Gasteiger partial charge in [-0.05, 0) is 45.5 Å². The van der Waals surface area contributed by atoms with Crippen molar-refractivity contribution < 1.29 is 0 Å². The van der Waals surface area contributed by atoms with Gasteiger partial charge in [-0.2, -0.15) is 0 Å². The summed E-state index contributed by atoms with van der Waals surface area (Å²) in [6.07, 6.45) is 24.9. The van der Waals surface area contributed by atoms with Gasteiger partial charge >= 0.3 is 0 Å². The van der Waals surface area contributed by atoms with Crippen molar-refractivity contribution in [3.8, 4) is 11.1 Å². The molecule has 174 valence electrons. The van der Waals surface area contributed by atoms with Gasteiger partial charge < -0.3 is 0 Å². The molecule has 0 aromatic heterocycles. The van der Waals surface area contributed by atoms with Crippen molar-refractivity contribution in [2.75, 3.05) is 0 Å². The second-order valence-corrected chi connectivity index (χ2v) is 8.28. The largest absolute Gasteiger partial charge is 0.0622 e. The Morgan fingerprint density at radius 2 is 0.611 bits per heavy atom. The number of rotatable bonds is 9. The zero-order valence-electron chi connectivity index (χ0n) is 20.3. The van der Waals surface area contributed by atoms with Gasteiger partial charge in [-0.25, -0.2) is 0 Å². The van der Waals surface area contributed by atoms with Crippen molar-refractivity contribution in [2.45, 2.75) is 0 Å². The first kappa shape index (κ1) is 24.4. The van der Waals surface area contributed by atoms with Gasteiger partial charge in [-0.3, -0.25) is 0 Å². The van der Waals surface area contributed by atoms with E-state index in [1.165, 1.54) is 33.4 Å². The summed E-state index contributed by atoms with van der Waals surface area (Å²) < 4.78 is 0. The van der Waals surface area contributed by atoms with Gasteiger partial charge in [0.15, 0.2) is 0 Å². The van der Waals surface area contributed by atoms with Crippen molar-refractivity contribution in [1.82, 2.24) is 0 Å². The summed E-state index contributed by atoms with van der Waals surface area (Å²) in [7, 11) is 0. The van der Waals surface area contributed by atoms with Crippen LogP contribution >= 0.6 is 0 Å². The van der Waals surface area contributed by atoms with E-state index >= 15 is 0 Å². The van der Waals surface area contributed by atoms with Crippen molar-refractivity contribution in [2.24, 2.45) is 0 Å². The van der Waals surface area contributed by atoms with Gasteiger partial charge in [0.1, 0.15) is 0 Å². The molecule has 0 fully saturated rings. The molecule has 0 aliphatic carbocycles. The Morgan fingerprint density at radius 1 is 0.278 bits per heavy atom. The normalized spacial score (nSPS) is 12.3. The summed E-state index contributed by atoms with van der Waals surface area (Å²) in [4.78, 5) is 0. The highest BCUT2D eigenvalue weighted by Gasteiger charge is 1.99. The average Bonchev–Trinajstić information content (AvgIpc) is 2.94. The van der Waals surface area contributed by atoms with E-state index in [1.54, 1.807) is 0 Å². The lowest BCUT2D eigenvalue weighted by Crippen LogP contribution is -1.81. The van der Waals surface area contributed by atoms with Crippen LogP contribution in [0.15, 0.2) is 158 Å². The summed E-state index contributed by atoms with van der Waals surface area (Å²) in [5.41, 5.74) is 7.18. The summed E-state index contributed by atoms with van der Waals surface area (Å²) >= 11 is 0. The first-order chi connectivity index (χ1) is 17.9. The standard InChI is InChI=1S/C36H30/c1(7-17-31-19-11-5-12-20-31)3-9-23-33-25-15-27-35(29-33)36-28-16-26-34(30-36)24-10-4-2-8-18-32-21-13-6-14-22-32/h1-30H/b3-1+,4-2+,17-7+,18-8+,23-9+,24-10+. The Labute approximate surface area is 215 Å². The van der Waals surface area contributed by atoms with E-state index in [0.717, 1.165) is 0 Å². The van der Waals surface area contributed by atoms with Gasteiger partial charge in [0.2, 0.25) is 0 Å². The van der Waals surface area contributed by atoms with Gasteiger partial charge in [-0.15, -0.1) is 0 Å². The molecule has 0 spiro atoms. The highest BCUT2D eigenvalue weighted by molar-refractivity contribution is 5.70. The molecule has 0 nitrogen and oxygen atoms in total. The van der Waals surface area contributed by atoms with Gasteiger partial charge in [-0.1, -0.05) is 170 Å². The van der Waals surface area contributed by atoms with E-state index in [4.69, 9.17) is 0 Å². The van der Waals surface area contributed by atoms with Crippen molar-refractivity contribution in [3.05, 3.63) is 180 Å². The number of hydrogen-bond donors (Lipinski definition) is 0. The molecule has 4 aromatic rings. The maximum Gasteiger partial charge on any atom is -0.0178 e. The maximum absolute atomic E-state index is 2.22. The van der Waals surface area contributed by atoms with Crippen LogP contribution in [0.25, 0.3) is 35.4 Å². The number of allylic oxidation sites excluding steroid dienone is 8. The zero-order valence-corrected chi connectivity index (χ0v) is 20.3. The minimum Gasteiger partial charge on any atom is -0.0622 e. The smallest absolute Gasteiger partial charge is 0.0178 e. The molecule has 0 bridgehead atoms. The van der Waals surface area contributed by atoms with E-state index < -0.39 is 0 Å². The lowest BCUT2D eigenvalue weighted by atomic mass is 10.0. The van der Waals surface area contributed by atoms with Crippen LogP contribution in [0.2, 0.25) is 0 Å². The van der Waals surface area contributed by atoms with Gasteiger partial charge in [0, 0.05) is 0 Å². The van der Waals surface area contributed by atoms with Crippen LogP contribution in [0, 0.1) is 0 Å². The van der Waals surface area contributed by atoms with Gasteiger partial charge in [0.25, 0.3) is 0 Å². The molecule has 0 amide bonds. The lowest BCUT2D eigenvalue weighted by molar-refractivity contribution is 1.58. The predicted molar refractivity (Wildman–Crippen MR) is 159 cm³/mol. The molecule has 0 heteroatoms. The average molecular weight is 463 g/mol. The second-order valence-electron chi connectivity index (χ2n) is 8.28. The predicted octanol–water partition coefficient (Wildman–Crippen LogP) is 9.92. The first-order valence-corrected chi connectivity index (χ1v) is 12.2.